The molecule has 0 aliphatic carbocycles. The van der Waals surface area contributed by atoms with Crippen LogP contribution in [0.1, 0.15) is 31.7 Å². The average molecular weight is 289 g/mol. The molecule has 0 saturated carbocycles. The number of anilines is 1. The number of rotatable bonds is 5. The molecule has 0 bridgehead atoms. The Morgan fingerprint density at radius 3 is 2.71 bits per heavy atom. The lowest BCUT2D eigenvalue weighted by Gasteiger charge is -2.17. The molecule has 1 aromatic carbocycles. The van der Waals surface area contributed by atoms with Crippen molar-refractivity contribution in [3.8, 4) is 0 Å². The van der Waals surface area contributed by atoms with E-state index >= 15 is 0 Å². The molecule has 1 saturated heterocycles. The molecular formula is C16H23N3O2. The lowest BCUT2D eigenvalue weighted by molar-refractivity contribution is -0.126. The molecule has 2 amide bonds. The van der Waals surface area contributed by atoms with Crippen molar-refractivity contribution in [1.82, 2.24) is 5.32 Å². The van der Waals surface area contributed by atoms with Gasteiger partial charge in [0.2, 0.25) is 11.8 Å². The van der Waals surface area contributed by atoms with Crippen LogP contribution < -0.4 is 16.0 Å². The third-order valence-corrected chi connectivity index (χ3v) is 3.71. The summed E-state index contributed by atoms with van der Waals surface area (Å²) in [4.78, 5) is 25.9. The highest BCUT2D eigenvalue weighted by Gasteiger charge is 2.33. The Bertz CT molecular complexity index is 511. The van der Waals surface area contributed by atoms with E-state index in [9.17, 15) is 9.59 Å². The fourth-order valence-corrected chi connectivity index (χ4v) is 2.42. The van der Waals surface area contributed by atoms with Crippen LogP contribution in [0.25, 0.3) is 0 Å². The Morgan fingerprint density at radius 2 is 2.10 bits per heavy atom. The molecule has 3 N–H and O–H groups in total. The van der Waals surface area contributed by atoms with Crippen molar-refractivity contribution in [3.63, 3.8) is 0 Å². The third kappa shape index (κ3) is 4.04. The predicted octanol–water partition coefficient (Wildman–Crippen LogP) is 1.34. The summed E-state index contributed by atoms with van der Waals surface area (Å²) in [5, 5.41) is 2.81. The minimum absolute atomic E-state index is 0.000846. The number of nitrogens with zero attached hydrogens (tertiary/aromatic N) is 1. The second kappa shape index (κ2) is 6.72. The molecule has 0 spiro atoms. The van der Waals surface area contributed by atoms with E-state index in [0.29, 0.717) is 25.8 Å². The molecule has 0 radical (unpaired) electrons. The molecule has 1 aliphatic heterocycles. The van der Waals surface area contributed by atoms with Gasteiger partial charge >= 0.3 is 0 Å². The molecule has 114 valence electrons. The molecule has 1 aromatic rings. The Balaban J connectivity index is 1.92. The van der Waals surface area contributed by atoms with E-state index in [1.165, 1.54) is 0 Å². The monoisotopic (exact) mass is 289 g/mol. The van der Waals surface area contributed by atoms with Crippen molar-refractivity contribution in [2.75, 3.05) is 11.4 Å². The Labute approximate surface area is 125 Å². The molecule has 1 heterocycles. The Kier molecular flexibility index (Phi) is 4.96. The highest BCUT2D eigenvalue weighted by atomic mass is 16.2. The first kappa shape index (κ1) is 15.5. The number of nitrogens with two attached hydrogens (primary N) is 1. The van der Waals surface area contributed by atoms with Crippen molar-refractivity contribution < 1.29 is 9.59 Å². The number of carbonyl (C=O) groups excluding carboxylic acids is 2. The van der Waals surface area contributed by atoms with Gasteiger partial charge in [-0.2, -0.15) is 0 Å². The minimum Gasteiger partial charge on any atom is -0.344 e. The van der Waals surface area contributed by atoms with Crippen LogP contribution >= 0.6 is 0 Å². The summed E-state index contributed by atoms with van der Waals surface area (Å²) in [6.45, 7) is 4.52. The van der Waals surface area contributed by atoms with Gasteiger partial charge in [-0.15, -0.1) is 0 Å². The van der Waals surface area contributed by atoms with Crippen LogP contribution in [0.5, 0.6) is 0 Å². The summed E-state index contributed by atoms with van der Waals surface area (Å²) in [5.41, 5.74) is 7.68. The number of aryl methyl sites for hydroxylation is 1. The van der Waals surface area contributed by atoms with Gasteiger partial charge in [0.05, 0.1) is 0 Å². The highest BCUT2D eigenvalue weighted by molar-refractivity contribution is 6.01. The minimum atomic E-state index is -0.410. The topological polar surface area (TPSA) is 75.4 Å². The molecule has 1 fully saturated rings. The number of hydrogen-bond donors (Lipinski definition) is 2. The molecule has 1 aliphatic rings. The van der Waals surface area contributed by atoms with E-state index in [4.69, 9.17) is 5.73 Å². The SMILES string of the molecule is Cc1ccc(N2CCC(NC(=O)CCC(C)N)C2=O)cc1. The van der Waals surface area contributed by atoms with Crippen LogP contribution in [-0.2, 0) is 9.59 Å². The second-order valence-corrected chi connectivity index (χ2v) is 5.75. The molecular weight excluding hydrogens is 266 g/mol. The smallest absolute Gasteiger partial charge is 0.249 e. The maximum atomic E-state index is 12.4. The van der Waals surface area contributed by atoms with Crippen LogP contribution in [0, 0.1) is 6.92 Å². The van der Waals surface area contributed by atoms with E-state index in [1.807, 2.05) is 38.1 Å². The fraction of sp³-hybridized carbons (Fsp3) is 0.500. The maximum absolute atomic E-state index is 12.4. The van der Waals surface area contributed by atoms with Gasteiger partial charge < -0.3 is 16.0 Å². The van der Waals surface area contributed by atoms with Crippen LogP contribution in [0.4, 0.5) is 5.69 Å². The zero-order valence-electron chi connectivity index (χ0n) is 12.6. The van der Waals surface area contributed by atoms with Gasteiger partial charge in [0.15, 0.2) is 0 Å². The van der Waals surface area contributed by atoms with Gasteiger partial charge in [0, 0.05) is 24.7 Å². The van der Waals surface area contributed by atoms with Gasteiger partial charge in [-0.25, -0.2) is 0 Å². The zero-order valence-corrected chi connectivity index (χ0v) is 12.6. The Morgan fingerprint density at radius 1 is 1.43 bits per heavy atom. The number of benzene rings is 1. The van der Waals surface area contributed by atoms with Crippen LogP contribution in [0.2, 0.25) is 0 Å². The van der Waals surface area contributed by atoms with Gasteiger partial charge in [-0.05, 0) is 38.8 Å². The van der Waals surface area contributed by atoms with Gasteiger partial charge in [-0.1, -0.05) is 17.7 Å². The van der Waals surface area contributed by atoms with E-state index in [1.54, 1.807) is 4.90 Å². The van der Waals surface area contributed by atoms with E-state index in [-0.39, 0.29) is 17.9 Å². The fourth-order valence-electron chi connectivity index (χ4n) is 2.42. The lowest BCUT2D eigenvalue weighted by Crippen LogP contribution is -2.41. The second-order valence-electron chi connectivity index (χ2n) is 5.75. The van der Waals surface area contributed by atoms with Crippen molar-refractivity contribution in [1.29, 1.82) is 0 Å². The predicted molar refractivity (Wildman–Crippen MR) is 83.0 cm³/mol. The van der Waals surface area contributed by atoms with E-state index in [2.05, 4.69) is 5.32 Å². The maximum Gasteiger partial charge on any atom is 0.249 e. The summed E-state index contributed by atoms with van der Waals surface area (Å²) in [5.74, 6) is -0.135. The summed E-state index contributed by atoms with van der Waals surface area (Å²) in [6, 6.07) is 7.43. The number of amides is 2. The zero-order chi connectivity index (χ0) is 15.4. The molecule has 2 unspecified atom stereocenters. The lowest BCUT2D eigenvalue weighted by atomic mass is 10.1. The van der Waals surface area contributed by atoms with Crippen LogP contribution in [0.15, 0.2) is 24.3 Å². The van der Waals surface area contributed by atoms with Crippen LogP contribution in [-0.4, -0.2) is 30.4 Å². The van der Waals surface area contributed by atoms with Gasteiger partial charge in [0.25, 0.3) is 0 Å². The van der Waals surface area contributed by atoms with Crippen molar-refractivity contribution in [2.45, 2.75) is 45.2 Å². The largest absolute Gasteiger partial charge is 0.344 e. The Hall–Kier alpha value is -1.88. The molecule has 5 nitrogen and oxygen atoms in total. The molecule has 2 rings (SSSR count). The number of carbonyl (C=O) groups is 2. The summed E-state index contributed by atoms with van der Waals surface area (Å²) in [7, 11) is 0. The van der Waals surface area contributed by atoms with Crippen molar-refractivity contribution in [2.24, 2.45) is 5.73 Å². The van der Waals surface area contributed by atoms with Crippen molar-refractivity contribution in [3.05, 3.63) is 29.8 Å². The average Bonchev–Trinajstić information content (AvgIpc) is 2.79. The molecule has 2 atom stereocenters. The molecule has 0 aromatic heterocycles. The normalized spacial score (nSPS) is 19.7. The van der Waals surface area contributed by atoms with Crippen LogP contribution in [0.3, 0.4) is 0 Å². The first-order valence-electron chi connectivity index (χ1n) is 7.40. The molecule has 21 heavy (non-hydrogen) atoms. The molecule has 5 heteroatoms. The standard InChI is InChI=1S/C16H23N3O2/c1-11-3-6-13(7-4-11)19-10-9-14(16(19)21)18-15(20)8-5-12(2)17/h3-4,6-7,12,14H,5,8-10,17H2,1-2H3,(H,18,20). The summed E-state index contributed by atoms with van der Waals surface area (Å²) < 4.78 is 0. The highest BCUT2D eigenvalue weighted by Crippen LogP contribution is 2.22. The van der Waals surface area contributed by atoms with Gasteiger partial charge in [0.1, 0.15) is 6.04 Å². The van der Waals surface area contributed by atoms with E-state index in [0.717, 1.165) is 11.3 Å². The number of hydrogen-bond acceptors (Lipinski definition) is 3. The summed E-state index contributed by atoms with van der Waals surface area (Å²) in [6.07, 6.45) is 1.65. The quantitative estimate of drug-likeness (QED) is 0.859. The van der Waals surface area contributed by atoms with Crippen molar-refractivity contribution >= 4 is 17.5 Å². The van der Waals surface area contributed by atoms with E-state index < -0.39 is 6.04 Å². The third-order valence-electron chi connectivity index (χ3n) is 3.71. The summed E-state index contributed by atoms with van der Waals surface area (Å²) >= 11 is 0. The number of nitrogens with one attached hydrogen (secondary N) is 1. The first-order valence-corrected chi connectivity index (χ1v) is 7.40. The first-order chi connectivity index (χ1) is 9.97. The van der Waals surface area contributed by atoms with Gasteiger partial charge in [-0.3, -0.25) is 9.59 Å².